The predicted octanol–water partition coefficient (Wildman–Crippen LogP) is 5.71. The molecule has 1 fully saturated rings. The fraction of sp³-hybridized carbons (Fsp3) is 0.393. The lowest BCUT2D eigenvalue weighted by molar-refractivity contribution is -0.115. The van der Waals surface area contributed by atoms with Gasteiger partial charge in [0.05, 0.1) is 29.9 Å². The van der Waals surface area contributed by atoms with Crippen LogP contribution in [0.25, 0.3) is 0 Å². The van der Waals surface area contributed by atoms with Crippen LogP contribution >= 0.6 is 27.3 Å². The Hall–Kier alpha value is -2.95. The molecule has 2 unspecified atom stereocenters. The molecule has 0 radical (unpaired) electrons. The van der Waals surface area contributed by atoms with Crippen LogP contribution in [-0.2, 0) is 22.4 Å². The number of aliphatic hydroxyl groups excluding tert-OH is 1. The second-order valence-electron chi connectivity index (χ2n) is 10.5. The second-order valence-corrected chi connectivity index (χ2v) is 12.2. The van der Waals surface area contributed by atoms with E-state index in [1.54, 1.807) is 10.3 Å². The fourth-order valence-electron chi connectivity index (χ4n) is 4.72. The number of nitrogens with two attached hydrogens (primary N) is 1. The number of hydrogen-bond donors (Lipinski definition) is 3. The number of anilines is 2. The van der Waals surface area contributed by atoms with E-state index in [2.05, 4.69) is 26.2 Å². The van der Waals surface area contributed by atoms with Gasteiger partial charge in [-0.2, -0.15) is 0 Å². The first-order valence-corrected chi connectivity index (χ1v) is 14.2. The van der Waals surface area contributed by atoms with Crippen molar-refractivity contribution in [3.05, 3.63) is 75.2 Å². The average molecular weight is 602 g/mol. The molecule has 4 N–H and O–H groups in total. The van der Waals surface area contributed by atoms with Gasteiger partial charge in [0.25, 0.3) is 0 Å². The number of carbonyl (C=O) groups is 2. The number of thiazole rings is 1. The van der Waals surface area contributed by atoms with Gasteiger partial charge in [-0.25, -0.2) is 9.78 Å². The Morgan fingerprint density at radius 2 is 1.97 bits per heavy atom. The maximum atomic E-state index is 13.3. The molecule has 1 saturated heterocycles. The van der Waals surface area contributed by atoms with Crippen LogP contribution in [0.2, 0.25) is 0 Å². The number of rotatable bonds is 7. The van der Waals surface area contributed by atoms with E-state index in [1.807, 2.05) is 69.3 Å². The van der Waals surface area contributed by atoms with Gasteiger partial charge in [0.15, 0.2) is 5.13 Å². The predicted molar refractivity (Wildman–Crippen MR) is 153 cm³/mol. The largest absolute Gasteiger partial charge is 0.444 e. The molecule has 0 bridgehead atoms. The minimum atomic E-state index is -0.814. The summed E-state index contributed by atoms with van der Waals surface area (Å²) in [5.41, 5.74) is 8.05. The number of hydrogen-bond acceptors (Lipinski definition) is 7. The SMILES string of the molecule is CC(C)(C)OC(=O)N1C(Cc2ccc(NC(=O)Cc3csc(N)n3)c(Br)c2)CCC1[C@H](O)c1ccccc1. The quantitative estimate of drug-likeness (QED) is 0.319. The first kappa shape index (κ1) is 28.1. The Balaban J connectivity index is 1.48. The number of nitrogen functional groups attached to an aromatic ring is 1. The monoisotopic (exact) mass is 600 g/mol. The molecule has 4 rings (SSSR count). The van der Waals surface area contributed by atoms with Crippen molar-refractivity contribution in [2.75, 3.05) is 11.1 Å². The van der Waals surface area contributed by atoms with E-state index >= 15 is 0 Å². The normalized spacial score (nSPS) is 18.3. The van der Waals surface area contributed by atoms with Gasteiger partial charge in [-0.3, -0.25) is 9.69 Å². The van der Waals surface area contributed by atoms with E-state index < -0.39 is 17.8 Å². The molecule has 2 aromatic carbocycles. The molecule has 3 aromatic rings. The van der Waals surface area contributed by atoms with Crippen LogP contribution in [-0.4, -0.2) is 44.7 Å². The van der Waals surface area contributed by atoms with Crippen molar-refractivity contribution in [3.63, 3.8) is 0 Å². The molecule has 0 spiro atoms. The highest BCUT2D eigenvalue weighted by molar-refractivity contribution is 9.10. The van der Waals surface area contributed by atoms with Crippen molar-refractivity contribution in [2.45, 2.75) is 70.2 Å². The van der Waals surface area contributed by atoms with Crippen LogP contribution in [0.4, 0.5) is 15.6 Å². The number of nitrogens with zero attached hydrogens (tertiary/aromatic N) is 2. The van der Waals surface area contributed by atoms with Crippen molar-refractivity contribution in [1.29, 1.82) is 0 Å². The third kappa shape index (κ3) is 7.12. The standard InChI is InChI=1S/C28H33BrN4O4S/c1-28(2,3)37-27(36)33-20(10-12-23(33)25(35)18-7-5-4-6-8-18)13-17-9-11-22(21(29)14-17)32-24(34)15-19-16-38-26(30)31-19/h4-9,11,14,16,20,23,25,35H,10,12-13,15H2,1-3H3,(H2,30,31)(H,32,34)/t20?,23?,25-/m1/s1. The topological polar surface area (TPSA) is 118 Å². The van der Waals surface area contributed by atoms with Crippen molar-refractivity contribution < 1.29 is 19.4 Å². The van der Waals surface area contributed by atoms with Crippen molar-refractivity contribution in [3.8, 4) is 0 Å². The van der Waals surface area contributed by atoms with Crippen molar-refractivity contribution in [2.24, 2.45) is 0 Å². The summed E-state index contributed by atoms with van der Waals surface area (Å²) in [6.45, 7) is 5.52. The Labute approximate surface area is 235 Å². The summed E-state index contributed by atoms with van der Waals surface area (Å²) >= 11 is 4.87. The molecule has 202 valence electrons. The van der Waals surface area contributed by atoms with Crippen LogP contribution in [0, 0.1) is 0 Å². The zero-order chi connectivity index (χ0) is 27.4. The summed E-state index contributed by atoms with van der Waals surface area (Å²) in [5.74, 6) is -0.187. The van der Waals surface area contributed by atoms with E-state index in [9.17, 15) is 14.7 Å². The Bertz CT molecular complexity index is 1280. The molecule has 0 aliphatic carbocycles. The molecule has 1 aromatic heterocycles. The third-order valence-electron chi connectivity index (χ3n) is 6.35. The second kappa shape index (κ2) is 11.8. The lowest BCUT2D eigenvalue weighted by Gasteiger charge is -2.35. The zero-order valence-corrected chi connectivity index (χ0v) is 24.1. The van der Waals surface area contributed by atoms with Crippen LogP contribution in [0.1, 0.15) is 56.5 Å². The van der Waals surface area contributed by atoms with E-state index in [-0.39, 0.29) is 24.4 Å². The Morgan fingerprint density at radius 1 is 1.24 bits per heavy atom. The molecule has 10 heteroatoms. The van der Waals surface area contributed by atoms with E-state index in [0.29, 0.717) is 29.4 Å². The minimum Gasteiger partial charge on any atom is -0.444 e. The Kier molecular flexibility index (Phi) is 8.74. The Morgan fingerprint density at radius 3 is 2.61 bits per heavy atom. The zero-order valence-electron chi connectivity index (χ0n) is 21.7. The van der Waals surface area contributed by atoms with Crippen LogP contribution < -0.4 is 11.1 Å². The van der Waals surface area contributed by atoms with Crippen LogP contribution in [0.15, 0.2) is 58.4 Å². The van der Waals surface area contributed by atoms with Crippen LogP contribution in [0.3, 0.4) is 0 Å². The first-order valence-electron chi connectivity index (χ1n) is 12.5. The number of likely N-dealkylation sites (tertiary alicyclic amines) is 1. The van der Waals surface area contributed by atoms with Crippen molar-refractivity contribution in [1.82, 2.24) is 9.88 Å². The lowest BCUT2D eigenvalue weighted by atomic mass is 10.0. The van der Waals surface area contributed by atoms with Gasteiger partial charge in [0.1, 0.15) is 5.60 Å². The molecule has 1 aliphatic rings. The molecule has 2 heterocycles. The fourth-order valence-corrected chi connectivity index (χ4v) is 5.80. The van der Waals surface area contributed by atoms with Gasteiger partial charge in [-0.15, -0.1) is 11.3 Å². The number of nitrogens with one attached hydrogen (secondary N) is 1. The van der Waals surface area contributed by atoms with Gasteiger partial charge in [-0.05, 0) is 79.2 Å². The summed E-state index contributed by atoms with van der Waals surface area (Å²) in [6.07, 6.45) is 0.885. The molecule has 1 aliphatic heterocycles. The average Bonchev–Trinajstić information content (AvgIpc) is 3.45. The highest BCUT2D eigenvalue weighted by atomic mass is 79.9. The maximum absolute atomic E-state index is 13.3. The van der Waals surface area contributed by atoms with Gasteiger partial charge in [0.2, 0.25) is 5.91 Å². The molecular formula is C28H33BrN4O4S. The smallest absolute Gasteiger partial charge is 0.410 e. The van der Waals surface area contributed by atoms with Gasteiger partial charge < -0.3 is 20.9 Å². The maximum Gasteiger partial charge on any atom is 0.410 e. The number of carbonyl (C=O) groups excluding carboxylic acids is 2. The summed E-state index contributed by atoms with van der Waals surface area (Å²) in [7, 11) is 0. The summed E-state index contributed by atoms with van der Waals surface area (Å²) in [6, 6.07) is 14.6. The molecule has 3 atom stereocenters. The van der Waals surface area contributed by atoms with E-state index in [4.69, 9.17) is 10.5 Å². The van der Waals surface area contributed by atoms with E-state index in [0.717, 1.165) is 22.0 Å². The van der Waals surface area contributed by atoms with Crippen LogP contribution in [0.5, 0.6) is 0 Å². The minimum absolute atomic E-state index is 0.139. The lowest BCUT2D eigenvalue weighted by Crippen LogP contribution is -2.47. The highest BCUT2D eigenvalue weighted by Crippen LogP contribution is 2.36. The summed E-state index contributed by atoms with van der Waals surface area (Å²) < 4.78 is 6.49. The highest BCUT2D eigenvalue weighted by Gasteiger charge is 2.42. The number of ether oxygens (including phenoxy) is 1. The van der Waals surface area contributed by atoms with Crippen molar-refractivity contribution >= 4 is 50.1 Å². The van der Waals surface area contributed by atoms with Gasteiger partial charge in [-0.1, -0.05) is 36.4 Å². The molecule has 2 amide bonds. The van der Waals surface area contributed by atoms with E-state index in [1.165, 1.54) is 11.3 Å². The third-order valence-corrected chi connectivity index (χ3v) is 7.73. The molecule has 8 nitrogen and oxygen atoms in total. The number of benzene rings is 2. The number of aromatic nitrogens is 1. The summed E-state index contributed by atoms with van der Waals surface area (Å²) in [4.78, 5) is 31.6. The molecule has 38 heavy (non-hydrogen) atoms. The summed E-state index contributed by atoms with van der Waals surface area (Å²) in [5, 5.41) is 16.3. The number of halogens is 1. The first-order chi connectivity index (χ1) is 18.0. The van der Waals surface area contributed by atoms with Gasteiger partial charge in [0, 0.05) is 15.9 Å². The number of amides is 2. The molecule has 0 saturated carbocycles. The molecular weight excluding hydrogens is 568 g/mol. The number of aliphatic hydroxyl groups is 1. The van der Waals surface area contributed by atoms with Gasteiger partial charge >= 0.3 is 6.09 Å².